The summed E-state index contributed by atoms with van der Waals surface area (Å²) >= 11 is 0. The Kier molecular flexibility index (Phi) is 7.23. The van der Waals surface area contributed by atoms with Crippen molar-refractivity contribution in [1.29, 1.82) is 0 Å². The number of benzene rings is 1. The Morgan fingerprint density at radius 3 is 2.30 bits per heavy atom. The lowest BCUT2D eigenvalue weighted by molar-refractivity contribution is 0.443. The highest BCUT2D eigenvalue weighted by Gasteiger charge is 2.20. The summed E-state index contributed by atoms with van der Waals surface area (Å²) in [5.41, 5.74) is 0.534. The number of rotatable bonds is 9. The van der Waals surface area contributed by atoms with Crippen molar-refractivity contribution >= 4 is 19.9 Å². The van der Waals surface area contributed by atoms with Crippen LogP contribution >= 0.6 is 0 Å². The first-order valence-electron chi connectivity index (χ1n) is 7.92. The molecule has 1 unspecified atom stereocenters. The molecule has 0 fully saturated rings. The molecule has 1 N–H and O–H groups in total. The first-order valence-corrected chi connectivity index (χ1v) is 11.3. The Hall–Kier alpha value is -0.920. The van der Waals surface area contributed by atoms with Gasteiger partial charge >= 0.3 is 0 Å². The van der Waals surface area contributed by atoms with Crippen LogP contribution in [0.2, 0.25) is 0 Å². The fraction of sp³-hybridized carbons (Fsp3) is 0.625. The van der Waals surface area contributed by atoms with Gasteiger partial charge in [-0.15, -0.1) is 0 Å². The third-order valence-corrected chi connectivity index (χ3v) is 6.66. The smallest absolute Gasteiger partial charge is 0.224 e. The molecule has 23 heavy (non-hydrogen) atoms. The van der Waals surface area contributed by atoms with Gasteiger partial charge in [-0.25, -0.2) is 21.6 Å². The molecule has 1 aromatic carbocycles. The molecule has 0 amide bonds. The maximum atomic E-state index is 12.5. The highest BCUT2D eigenvalue weighted by atomic mass is 32.2. The minimum absolute atomic E-state index is 0.0153. The van der Waals surface area contributed by atoms with Crippen molar-refractivity contribution in [2.45, 2.75) is 56.2 Å². The van der Waals surface area contributed by atoms with E-state index in [1.165, 1.54) is 18.2 Å². The summed E-state index contributed by atoms with van der Waals surface area (Å²) < 4.78 is 51.0. The minimum atomic E-state index is -3.72. The zero-order valence-corrected chi connectivity index (χ0v) is 15.9. The van der Waals surface area contributed by atoms with Crippen molar-refractivity contribution in [3.63, 3.8) is 0 Å². The zero-order chi connectivity index (χ0) is 17.7. The van der Waals surface area contributed by atoms with Crippen molar-refractivity contribution in [2.75, 3.05) is 12.8 Å². The van der Waals surface area contributed by atoms with Gasteiger partial charge in [-0.2, -0.15) is 0 Å². The largest absolute Gasteiger partial charge is 0.240 e. The lowest BCUT2D eigenvalue weighted by atomic mass is 10.00. The van der Waals surface area contributed by atoms with Gasteiger partial charge in [0.05, 0.1) is 9.79 Å². The quantitative estimate of drug-likeness (QED) is 0.733. The summed E-state index contributed by atoms with van der Waals surface area (Å²) in [5.74, 6) is 0.295. The maximum Gasteiger partial charge on any atom is 0.240 e. The van der Waals surface area contributed by atoms with E-state index in [4.69, 9.17) is 0 Å². The van der Waals surface area contributed by atoms with E-state index in [0.29, 0.717) is 18.0 Å². The van der Waals surface area contributed by atoms with Crippen LogP contribution in [0.5, 0.6) is 0 Å². The summed E-state index contributed by atoms with van der Waals surface area (Å²) in [5, 5.41) is 0. The van der Waals surface area contributed by atoms with E-state index in [1.807, 2.05) is 6.92 Å². The second kappa shape index (κ2) is 8.26. The summed E-state index contributed by atoms with van der Waals surface area (Å²) in [6.07, 6.45) is 5.11. The molecule has 1 aromatic rings. The second-order valence-corrected chi connectivity index (χ2v) is 9.72. The van der Waals surface area contributed by atoms with Gasteiger partial charge in [0.25, 0.3) is 0 Å². The van der Waals surface area contributed by atoms with Gasteiger partial charge in [0, 0.05) is 12.8 Å². The maximum absolute atomic E-state index is 12.5. The highest BCUT2D eigenvalue weighted by Crippen LogP contribution is 2.21. The molecular weight excluding hydrogens is 334 g/mol. The van der Waals surface area contributed by atoms with Crippen molar-refractivity contribution < 1.29 is 16.8 Å². The van der Waals surface area contributed by atoms with Crippen LogP contribution in [0, 0.1) is 12.8 Å². The van der Waals surface area contributed by atoms with Gasteiger partial charge in [-0.3, -0.25) is 0 Å². The highest BCUT2D eigenvalue weighted by molar-refractivity contribution is 7.91. The van der Waals surface area contributed by atoms with Gasteiger partial charge in [-0.1, -0.05) is 39.2 Å². The molecule has 0 radical (unpaired) electrons. The van der Waals surface area contributed by atoms with Crippen molar-refractivity contribution in [3.8, 4) is 0 Å². The molecule has 0 aliphatic rings. The van der Waals surface area contributed by atoms with Crippen molar-refractivity contribution in [2.24, 2.45) is 5.92 Å². The van der Waals surface area contributed by atoms with E-state index in [2.05, 4.69) is 11.6 Å². The number of nitrogens with one attached hydrogen (secondary N) is 1. The normalized spacial score (nSPS) is 13.9. The topological polar surface area (TPSA) is 80.3 Å². The molecule has 0 saturated heterocycles. The minimum Gasteiger partial charge on any atom is -0.224 e. The molecular formula is C16H27NO4S2. The zero-order valence-electron chi connectivity index (χ0n) is 14.3. The van der Waals surface area contributed by atoms with E-state index < -0.39 is 19.9 Å². The Balaban J connectivity index is 3.00. The fourth-order valence-corrected chi connectivity index (χ4v) is 4.46. The third kappa shape index (κ3) is 5.90. The fourth-order valence-electron chi connectivity index (χ4n) is 2.35. The van der Waals surface area contributed by atoms with Crippen LogP contribution in [0.25, 0.3) is 0 Å². The van der Waals surface area contributed by atoms with Gasteiger partial charge in [0.1, 0.15) is 0 Å². The Morgan fingerprint density at radius 2 is 1.78 bits per heavy atom. The van der Waals surface area contributed by atoms with E-state index in [9.17, 15) is 16.8 Å². The molecule has 0 aromatic heterocycles. The van der Waals surface area contributed by atoms with Crippen LogP contribution in [0.4, 0.5) is 0 Å². The molecule has 7 heteroatoms. The van der Waals surface area contributed by atoms with Crippen LogP contribution in [-0.4, -0.2) is 29.6 Å². The monoisotopic (exact) mass is 361 g/mol. The van der Waals surface area contributed by atoms with Crippen LogP contribution in [0.3, 0.4) is 0 Å². The molecule has 0 bridgehead atoms. The third-order valence-electron chi connectivity index (χ3n) is 3.98. The molecule has 0 saturated carbocycles. The molecule has 0 heterocycles. The van der Waals surface area contributed by atoms with E-state index >= 15 is 0 Å². The molecule has 0 spiro atoms. The predicted molar refractivity (Wildman–Crippen MR) is 92.8 cm³/mol. The SMILES string of the molecule is CCCCC(CC)CNS(=O)(=O)c1cc(S(C)(=O)=O)ccc1C. The molecule has 132 valence electrons. The van der Waals surface area contributed by atoms with Gasteiger partial charge in [0.2, 0.25) is 10.0 Å². The van der Waals surface area contributed by atoms with Crippen LogP contribution in [-0.2, 0) is 19.9 Å². The first-order chi connectivity index (χ1) is 10.6. The number of aryl methyl sites for hydroxylation is 1. The Morgan fingerprint density at radius 1 is 1.13 bits per heavy atom. The number of sulfonamides is 1. The molecule has 0 aliphatic heterocycles. The number of hydrogen-bond acceptors (Lipinski definition) is 4. The van der Waals surface area contributed by atoms with Crippen molar-refractivity contribution in [1.82, 2.24) is 4.72 Å². The van der Waals surface area contributed by atoms with Crippen LogP contribution < -0.4 is 4.72 Å². The lowest BCUT2D eigenvalue weighted by Gasteiger charge is -2.16. The van der Waals surface area contributed by atoms with Gasteiger partial charge < -0.3 is 0 Å². The first kappa shape index (κ1) is 20.1. The van der Waals surface area contributed by atoms with Gasteiger partial charge in [0.15, 0.2) is 9.84 Å². The number of unbranched alkanes of at least 4 members (excludes halogenated alkanes) is 1. The van der Waals surface area contributed by atoms with Crippen LogP contribution in [0.1, 0.15) is 45.1 Å². The summed E-state index contributed by atoms with van der Waals surface area (Å²) in [6.45, 7) is 6.19. The number of sulfone groups is 1. The van der Waals surface area contributed by atoms with E-state index in [1.54, 1.807) is 6.92 Å². The Labute approximate surface area is 140 Å². The van der Waals surface area contributed by atoms with E-state index in [0.717, 1.165) is 31.9 Å². The summed E-state index contributed by atoms with van der Waals surface area (Å²) in [7, 11) is -7.16. The average Bonchev–Trinajstić information content (AvgIpc) is 2.46. The van der Waals surface area contributed by atoms with E-state index in [-0.39, 0.29) is 9.79 Å². The standard InChI is InChI=1S/C16H27NO4S2/c1-5-7-8-14(6-2)12-17-23(20,21)16-11-15(22(4,18)19)10-9-13(16)3/h9-11,14,17H,5-8,12H2,1-4H3. The van der Waals surface area contributed by atoms with Gasteiger partial charge in [-0.05, 0) is 37.0 Å². The molecule has 5 nitrogen and oxygen atoms in total. The predicted octanol–water partition coefficient (Wildman–Crippen LogP) is 2.89. The summed E-state index contributed by atoms with van der Waals surface area (Å²) in [6, 6.07) is 4.19. The number of hydrogen-bond donors (Lipinski definition) is 1. The van der Waals surface area contributed by atoms with Crippen molar-refractivity contribution in [3.05, 3.63) is 23.8 Å². The molecule has 1 atom stereocenters. The van der Waals surface area contributed by atoms with Crippen LogP contribution in [0.15, 0.2) is 28.0 Å². The Bertz CT molecular complexity index is 724. The molecule has 0 aliphatic carbocycles. The lowest BCUT2D eigenvalue weighted by Crippen LogP contribution is -2.30. The molecule has 1 rings (SSSR count). The second-order valence-electron chi connectivity index (χ2n) is 5.97. The average molecular weight is 362 g/mol. The summed E-state index contributed by atoms with van der Waals surface area (Å²) in [4.78, 5) is 0.0484.